The first-order valence-corrected chi connectivity index (χ1v) is 11.1. The molecular weight excluding hydrogens is 426 g/mol. The van der Waals surface area contributed by atoms with Crippen LogP contribution in [0.1, 0.15) is 24.8 Å². The number of tetrazole rings is 1. The van der Waals surface area contributed by atoms with Gasteiger partial charge in [-0.2, -0.15) is 0 Å². The first kappa shape index (κ1) is 21.7. The van der Waals surface area contributed by atoms with Crippen LogP contribution in [0.15, 0.2) is 63.7 Å². The molecule has 4 rings (SSSR count). The molecule has 10 heteroatoms. The van der Waals surface area contributed by atoms with E-state index >= 15 is 0 Å². The van der Waals surface area contributed by atoms with Gasteiger partial charge in [-0.25, -0.2) is 9.67 Å². The maximum atomic E-state index is 12.9. The maximum absolute atomic E-state index is 12.9. The number of carbonyl (C=O) groups is 1. The number of aliphatic imine (C=N–C) groups is 2. The highest BCUT2D eigenvalue weighted by atomic mass is 32.2. The minimum Gasteiger partial charge on any atom is -0.497 e. The molecule has 0 saturated carbocycles. The van der Waals surface area contributed by atoms with Crippen molar-refractivity contribution in [1.29, 1.82) is 0 Å². The van der Waals surface area contributed by atoms with Crippen LogP contribution in [-0.2, 0) is 11.8 Å². The fourth-order valence-corrected chi connectivity index (χ4v) is 4.06. The van der Waals surface area contributed by atoms with Gasteiger partial charge in [0.1, 0.15) is 11.6 Å². The second-order valence-corrected chi connectivity index (χ2v) is 8.01. The predicted octanol–water partition coefficient (Wildman–Crippen LogP) is 3.44. The third kappa shape index (κ3) is 4.70. The Kier molecular flexibility index (Phi) is 6.60. The molecule has 0 spiro atoms. The lowest BCUT2D eigenvalue weighted by molar-refractivity contribution is -0.117. The summed E-state index contributed by atoms with van der Waals surface area (Å²) in [6.45, 7) is 2.06. The van der Waals surface area contributed by atoms with Crippen LogP contribution in [0.3, 0.4) is 0 Å². The number of benzene rings is 2. The van der Waals surface area contributed by atoms with Gasteiger partial charge < -0.3 is 10.1 Å². The highest BCUT2D eigenvalue weighted by Gasteiger charge is 2.28. The van der Waals surface area contributed by atoms with Gasteiger partial charge in [-0.05, 0) is 46.7 Å². The number of hydrogen-bond donors (Lipinski definition) is 1. The zero-order valence-electron chi connectivity index (χ0n) is 18.0. The molecule has 2 aromatic carbocycles. The lowest BCUT2D eigenvalue weighted by Crippen LogP contribution is -2.38. The van der Waals surface area contributed by atoms with Crippen molar-refractivity contribution in [2.75, 3.05) is 12.9 Å². The van der Waals surface area contributed by atoms with Gasteiger partial charge in [0.15, 0.2) is 0 Å². The molecule has 1 aromatic heterocycles. The van der Waals surface area contributed by atoms with E-state index in [9.17, 15) is 4.79 Å². The number of ether oxygens (including phenoxy) is 1. The van der Waals surface area contributed by atoms with Crippen molar-refractivity contribution in [3.05, 3.63) is 54.1 Å². The number of methoxy groups -OCH3 is 1. The standard InChI is InChI=1S/C22H23N7O2S/c1-4-16-20(14-9-11-15(31-3)12-10-14)21(24-18-8-6-5-7-17(18)23-16)25-19(30)13-32-22-26-27-28-29(22)2/h5-12,20H,4,13H2,1-3H3,(H,24,25,30). The van der Waals surface area contributed by atoms with Crippen LogP contribution >= 0.6 is 11.8 Å². The molecule has 0 aliphatic carbocycles. The topological polar surface area (TPSA) is 107 Å². The molecule has 3 aromatic rings. The van der Waals surface area contributed by atoms with Crippen LogP contribution in [-0.4, -0.2) is 50.5 Å². The average molecular weight is 450 g/mol. The molecule has 1 aliphatic rings. The van der Waals surface area contributed by atoms with Gasteiger partial charge in [0.05, 0.1) is 30.2 Å². The van der Waals surface area contributed by atoms with Gasteiger partial charge in [-0.15, -0.1) is 5.10 Å². The van der Waals surface area contributed by atoms with Crippen LogP contribution < -0.4 is 10.1 Å². The van der Waals surface area contributed by atoms with E-state index in [1.54, 1.807) is 14.2 Å². The first-order chi connectivity index (χ1) is 15.6. The molecule has 2 heterocycles. The van der Waals surface area contributed by atoms with E-state index in [0.717, 1.165) is 28.4 Å². The summed E-state index contributed by atoms with van der Waals surface area (Å²) in [5.41, 5.74) is 3.40. The first-order valence-electron chi connectivity index (χ1n) is 10.1. The number of amidine groups is 1. The number of para-hydroxylation sites is 2. The zero-order valence-corrected chi connectivity index (χ0v) is 18.8. The molecular formula is C22H23N7O2S. The highest BCUT2D eigenvalue weighted by molar-refractivity contribution is 7.99. The third-order valence-corrected chi connectivity index (χ3v) is 6.00. The number of fused-ring (bicyclic) bond motifs is 1. The van der Waals surface area contributed by atoms with Crippen molar-refractivity contribution in [3.8, 4) is 5.75 Å². The normalized spacial score (nSPS) is 15.3. The minimum absolute atomic E-state index is 0.156. The Morgan fingerprint density at radius 2 is 1.84 bits per heavy atom. The van der Waals surface area contributed by atoms with E-state index in [1.165, 1.54) is 16.4 Å². The Morgan fingerprint density at radius 1 is 1.12 bits per heavy atom. The molecule has 0 radical (unpaired) electrons. The van der Waals surface area contributed by atoms with E-state index < -0.39 is 0 Å². The molecule has 1 aliphatic heterocycles. The van der Waals surface area contributed by atoms with Gasteiger partial charge in [0.25, 0.3) is 0 Å². The number of aromatic nitrogens is 4. The second-order valence-electron chi connectivity index (χ2n) is 7.07. The SMILES string of the molecule is CCC1=Nc2ccccc2N=C(NC(=O)CSc2nnnn2C)C1c1ccc(OC)cc1. The van der Waals surface area contributed by atoms with Crippen LogP contribution in [0.25, 0.3) is 0 Å². The number of nitrogens with one attached hydrogen (secondary N) is 1. The summed E-state index contributed by atoms with van der Waals surface area (Å²) < 4.78 is 6.83. The van der Waals surface area contributed by atoms with Gasteiger partial charge >= 0.3 is 0 Å². The number of thioether (sulfide) groups is 1. The summed E-state index contributed by atoms with van der Waals surface area (Å²) in [6.07, 6.45) is 0.708. The Hall–Kier alpha value is -3.53. The zero-order chi connectivity index (χ0) is 22.5. The van der Waals surface area contributed by atoms with E-state index in [4.69, 9.17) is 14.7 Å². The Morgan fingerprint density at radius 3 is 2.47 bits per heavy atom. The molecule has 1 N–H and O–H groups in total. The summed E-state index contributed by atoms with van der Waals surface area (Å²) in [7, 11) is 3.36. The fourth-order valence-electron chi connectivity index (χ4n) is 3.41. The van der Waals surface area contributed by atoms with Gasteiger partial charge in [0, 0.05) is 12.8 Å². The van der Waals surface area contributed by atoms with Gasteiger partial charge in [0.2, 0.25) is 11.1 Å². The van der Waals surface area contributed by atoms with Crippen LogP contribution in [0.4, 0.5) is 11.4 Å². The van der Waals surface area contributed by atoms with E-state index in [0.29, 0.717) is 17.4 Å². The van der Waals surface area contributed by atoms with E-state index in [2.05, 4.69) is 27.8 Å². The maximum Gasteiger partial charge on any atom is 0.235 e. The molecule has 32 heavy (non-hydrogen) atoms. The monoisotopic (exact) mass is 449 g/mol. The molecule has 1 amide bonds. The van der Waals surface area contributed by atoms with Crippen LogP contribution in [0.5, 0.6) is 5.75 Å². The summed E-state index contributed by atoms with van der Waals surface area (Å²) in [5.74, 6) is 0.983. The lowest BCUT2D eigenvalue weighted by atomic mass is 9.91. The summed E-state index contributed by atoms with van der Waals surface area (Å²) in [4.78, 5) is 22.6. The van der Waals surface area contributed by atoms with Crippen molar-refractivity contribution in [2.24, 2.45) is 17.0 Å². The Balaban J connectivity index is 1.67. The van der Waals surface area contributed by atoms with E-state index in [-0.39, 0.29) is 17.6 Å². The Labute approximate surface area is 190 Å². The molecule has 0 fully saturated rings. The fraction of sp³-hybridized carbons (Fsp3) is 0.273. The number of carbonyl (C=O) groups excluding carboxylic acids is 1. The predicted molar refractivity (Wildman–Crippen MR) is 124 cm³/mol. The number of aryl methyl sites for hydroxylation is 1. The van der Waals surface area contributed by atoms with Crippen molar-refractivity contribution in [1.82, 2.24) is 25.5 Å². The quantitative estimate of drug-likeness (QED) is 0.578. The number of hydrogen-bond acceptors (Lipinski definition) is 8. The van der Waals surface area contributed by atoms with E-state index in [1.807, 2.05) is 48.5 Å². The molecule has 9 nitrogen and oxygen atoms in total. The molecule has 0 saturated heterocycles. The van der Waals surface area contributed by atoms with Crippen molar-refractivity contribution in [3.63, 3.8) is 0 Å². The lowest BCUT2D eigenvalue weighted by Gasteiger charge is -2.21. The minimum atomic E-state index is -0.288. The largest absolute Gasteiger partial charge is 0.497 e. The third-order valence-electron chi connectivity index (χ3n) is 4.99. The smallest absolute Gasteiger partial charge is 0.235 e. The summed E-state index contributed by atoms with van der Waals surface area (Å²) >= 11 is 1.26. The Bertz CT molecular complexity index is 1170. The molecule has 1 atom stereocenters. The van der Waals surface area contributed by atoms with Gasteiger partial charge in [-0.1, -0.05) is 43.0 Å². The molecule has 1 unspecified atom stereocenters. The van der Waals surface area contributed by atoms with Crippen molar-refractivity contribution < 1.29 is 9.53 Å². The number of amides is 1. The van der Waals surface area contributed by atoms with Crippen LogP contribution in [0.2, 0.25) is 0 Å². The summed E-state index contributed by atoms with van der Waals surface area (Å²) in [6, 6.07) is 15.4. The average Bonchev–Trinajstić information content (AvgIpc) is 3.15. The van der Waals surface area contributed by atoms with Gasteiger partial charge in [-0.3, -0.25) is 9.79 Å². The van der Waals surface area contributed by atoms with Crippen molar-refractivity contribution >= 4 is 40.6 Å². The second kappa shape index (κ2) is 9.73. The number of rotatable bonds is 6. The molecule has 164 valence electrons. The van der Waals surface area contributed by atoms with Crippen molar-refractivity contribution in [2.45, 2.75) is 24.4 Å². The highest BCUT2D eigenvalue weighted by Crippen LogP contribution is 2.35. The van der Waals surface area contributed by atoms with Crippen LogP contribution in [0, 0.1) is 0 Å². The number of nitrogens with zero attached hydrogens (tertiary/aromatic N) is 6. The molecule has 0 bridgehead atoms. The summed E-state index contributed by atoms with van der Waals surface area (Å²) in [5, 5.41) is 14.9.